The van der Waals surface area contributed by atoms with Crippen LogP contribution in [0.5, 0.6) is 0 Å². The summed E-state index contributed by atoms with van der Waals surface area (Å²) in [5.74, 6) is 1.04. The summed E-state index contributed by atoms with van der Waals surface area (Å²) < 4.78 is 13.6. The maximum Gasteiger partial charge on any atom is 0.193 e. The van der Waals surface area contributed by atoms with E-state index < -0.39 is 11.4 Å². The van der Waals surface area contributed by atoms with E-state index in [-0.39, 0.29) is 22.7 Å². The van der Waals surface area contributed by atoms with Crippen molar-refractivity contribution in [3.05, 3.63) is 47.5 Å². The minimum absolute atomic E-state index is 0.112. The van der Waals surface area contributed by atoms with Gasteiger partial charge in [0.1, 0.15) is 0 Å². The lowest BCUT2D eigenvalue weighted by Gasteiger charge is -2.59. The summed E-state index contributed by atoms with van der Waals surface area (Å²) in [5.41, 5.74) is 1.35. The van der Waals surface area contributed by atoms with Gasteiger partial charge in [-0.1, -0.05) is 49.8 Å². The summed E-state index contributed by atoms with van der Waals surface area (Å²) in [6.45, 7) is 8.41. The number of carbonyl (C=O) groups excluding carboxylic acids is 2. The molecule has 4 nitrogen and oxygen atoms in total. The molecule has 0 unspecified atom stereocenters. The first kappa shape index (κ1) is 21.7. The molecule has 0 N–H and O–H groups in total. The van der Waals surface area contributed by atoms with Crippen LogP contribution in [0.25, 0.3) is 0 Å². The fourth-order valence-electron chi connectivity index (χ4n) is 9.02. The maximum absolute atomic E-state index is 13.5. The number of carbonyl (C=O) groups is 2. The van der Waals surface area contributed by atoms with Gasteiger partial charge in [-0.25, -0.2) is 0 Å². The Labute approximate surface area is 197 Å². The molecule has 5 aliphatic rings. The number of hydrogen-bond acceptors (Lipinski definition) is 4. The first-order valence-electron chi connectivity index (χ1n) is 12.8. The molecule has 0 amide bonds. The highest BCUT2D eigenvalue weighted by Crippen LogP contribution is 2.71. The van der Waals surface area contributed by atoms with E-state index in [1.807, 2.05) is 43.3 Å². The molecule has 1 heterocycles. The summed E-state index contributed by atoms with van der Waals surface area (Å²) in [4.78, 5) is 25.6. The minimum atomic E-state index is -0.902. The highest BCUT2D eigenvalue weighted by atomic mass is 16.8. The van der Waals surface area contributed by atoms with Crippen molar-refractivity contribution in [1.82, 2.24) is 0 Å². The van der Waals surface area contributed by atoms with Gasteiger partial charge in [-0.3, -0.25) is 9.59 Å². The second-order valence-corrected chi connectivity index (χ2v) is 12.0. The standard InChI is InChI=1S/C29H36O4/c1-18(30)29-25(32-28(4,33-29)19-8-6-5-7-9-19)17-24-22-11-10-20-16-21(31)12-14-26(20,2)23(22)13-15-27(24,29)3/h5-9,16,22-25H,10-15,17H2,1-4H3/t22-,23-,24+,25+,26-,27-,28+,29+/m0/s1. The summed E-state index contributed by atoms with van der Waals surface area (Å²) in [7, 11) is 0. The molecule has 1 aliphatic heterocycles. The summed E-state index contributed by atoms with van der Waals surface area (Å²) in [5, 5.41) is 0. The Kier molecular flexibility index (Phi) is 4.53. The molecular formula is C29H36O4. The highest BCUT2D eigenvalue weighted by Gasteiger charge is 2.75. The number of hydrogen-bond donors (Lipinski definition) is 0. The number of benzene rings is 1. The third-order valence-corrected chi connectivity index (χ3v) is 10.7. The molecule has 33 heavy (non-hydrogen) atoms. The molecule has 1 aromatic rings. The molecule has 4 fully saturated rings. The summed E-state index contributed by atoms with van der Waals surface area (Å²) >= 11 is 0. The van der Waals surface area contributed by atoms with Crippen LogP contribution in [-0.4, -0.2) is 23.3 Å². The number of fused-ring (bicyclic) bond motifs is 7. The van der Waals surface area contributed by atoms with Gasteiger partial charge >= 0.3 is 0 Å². The Balaban J connectivity index is 1.38. The van der Waals surface area contributed by atoms with Crippen molar-refractivity contribution in [2.24, 2.45) is 28.6 Å². The van der Waals surface area contributed by atoms with Crippen molar-refractivity contribution in [3.63, 3.8) is 0 Å². The number of ketones is 2. The highest BCUT2D eigenvalue weighted by molar-refractivity contribution is 5.91. The maximum atomic E-state index is 13.5. The topological polar surface area (TPSA) is 52.6 Å². The van der Waals surface area contributed by atoms with Gasteiger partial charge in [0, 0.05) is 17.4 Å². The van der Waals surface area contributed by atoms with E-state index in [2.05, 4.69) is 13.8 Å². The van der Waals surface area contributed by atoms with Crippen LogP contribution in [0.2, 0.25) is 0 Å². The van der Waals surface area contributed by atoms with E-state index in [9.17, 15) is 9.59 Å². The lowest BCUT2D eigenvalue weighted by molar-refractivity contribution is -0.227. The zero-order valence-electron chi connectivity index (χ0n) is 20.4. The number of rotatable bonds is 2. The van der Waals surface area contributed by atoms with Gasteiger partial charge in [0.05, 0.1) is 6.10 Å². The van der Waals surface area contributed by atoms with Crippen LogP contribution in [0.3, 0.4) is 0 Å². The SMILES string of the molecule is CC(=O)[C@@]12O[C@](C)(c3ccccc3)O[C@@H]1C[C@@H]1[C@H]3CCC4=CC(=O)CC[C@]4(C)[C@H]3CC[C@@]12C. The third-order valence-electron chi connectivity index (χ3n) is 10.7. The van der Waals surface area contributed by atoms with Crippen LogP contribution in [0, 0.1) is 28.6 Å². The van der Waals surface area contributed by atoms with E-state index in [4.69, 9.17) is 9.47 Å². The fraction of sp³-hybridized carbons (Fsp3) is 0.655. The fourth-order valence-corrected chi connectivity index (χ4v) is 9.02. The summed E-state index contributed by atoms with van der Waals surface area (Å²) in [6.07, 6.45) is 8.46. The van der Waals surface area contributed by atoms with E-state index in [1.165, 1.54) is 5.57 Å². The average Bonchev–Trinajstić information content (AvgIpc) is 3.23. The van der Waals surface area contributed by atoms with Gasteiger partial charge in [-0.05, 0) is 81.6 Å². The predicted octanol–water partition coefficient (Wildman–Crippen LogP) is 5.74. The monoisotopic (exact) mass is 448 g/mol. The van der Waals surface area contributed by atoms with Crippen LogP contribution in [0.1, 0.15) is 78.2 Å². The van der Waals surface area contributed by atoms with Gasteiger partial charge in [0.15, 0.2) is 23.0 Å². The average molecular weight is 449 g/mol. The van der Waals surface area contributed by atoms with Crippen molar-refractivity contribution in [2.45, 2.75) is 90.1 Å². The van der Waals surface area contributed by atoms with Crippen molar-refractivity contribution in [3.8, 4) is 0 Å². The summed E-state index contributed by atoms with van der Waals surface area (Å²) in [6, 6.07) is 10.1. The molecule has 176 valence electrons. The van der Waals surface area contributed by atoms with E-state index in [0.29, 0.717) is 30.0 Å². The van der Waals surface area contributed by atoms with Gasteiger partial charge in [-0.2, -0.15) is 0 Å². The minimum Gasteiger partial charge on any atom is -0.339 e. The molecule has 4 heteroatoms. The first-order chi connectivity index (χ1) is 15.6. The Morgan fingerprint density at radius 3 is 2.48 bits per heavy atom. The Morgan fingerprint density at radius 2 is 1.76 bits per heavy atom. The van der Waals surface area contributed by atoms with Crippen LogP contribution < -0.4 is 0 Å². The lowest BCUT2D eigenvalue weighted by atomic mass is 9.46. The quantitative estimate of drug-likeness (QED) is 0.579. The molecule has 1 saturated heterocycles. The molecular weight excluding hydrogens is 412 g/mol. The Hall–Kier alpha value is -1.78. The van der Waals surface area contributed by atoms with Crippen molar-refractivity contribution in [1.29, 1.82) is 0 Å². The third kappa shape index (κ3) is 2.65. The van der Waals surface area contributed by atoms with E-state index >= 15 is 0 Å². The molecule has 0 radical (unpaired) electrons. The molecule has 0 aromatic heterocycles. The van der Waals surface area contributed by atoms with Gasteiger partial charge in [0.2, 0.25) is 0 Å². The van der Waals surface area contributed by atoms with Crippen LogP contribution in [0.4, 0.5) is 0 Å². The molecule has 1 aromatic carbocycles. The normalized spacial score (nSPS) is 48.4. The molecule has 0 spiro atoms. The Morgan fingerprint density at radius 1 is 1.00 bits per heavy atom. The predicted molar refractivity (Wildman–Crippen MR) is 125 cm³/mol. The van der Waals surface area contributed by atoms with E-state index in [0.717, 1.165) is 44.1 Å². The van der Waals surface area contributed by atoms with Crippen LogP contribution in [0.15, 0.2) is 42.0 Å². The zero-order valence-corrected chi connectivity index (χ0v) is 20.4. The van der Waals surface area contributed by atoms with Crippen LogP contribution >= 0.6 is 0 Å². The second-order valence-electron chi connectivity index (χ2n) is 12.0. The number of ether oxygens (including phenoxy) is 2. The molecule has 0 bridgehead atoms. The second kappa shape index (κ2) is 6.88. The molecule has 4 aliphatic carbocycles. The van der Waals surface area contributed by atoms with Crippen LogP contribution in [-0.2, 0) is 24.8 Å². The first-order valence-corrected chi connectivity index (χ1v) is 12.8. The zero-order chi connectivity index (χ0) is 23.2. The van der Waals surface area contributed by atoms with Gasteiger partial charge in [0.25, 0.3) is 0 Å². The smallest absolute Gasteiger partial charge is 0.193 e. The molecule has 3 saturated carbocycles. The van der Waals surface area contributed by atoms with E-state index in [1.54, 1.807) is 6.92 Å². The molecule has 6 rings (SSSR count). The largest absolute Gasteiger partial charge is 0.339 e. The Bertz CT molecular complexity index is 1040. The van der Waals surface area contributed by atoms with Gasteiger partial charge in [-0.15, -0.1) is 0 Å². The number of Topliss-reactive ketones (excluding diaryl/α,β-unsaturated/α-hetero) is 1. The van der Waals surface area contributed by atoms with Crippen molar-refractivity contribution in [2.75, 3.05) is 0 Å². The van der Waals surface area contributed by atoms with Crippen molar-refractivity contribution < 1.29 is 19.1 Å². The number of allylic oxidation sites excluding steroid dienone is 1. The lowest BCUT2D eigenvalue weighted by Crippen LogP contribution is -2.59. The van der Waals surface area contributed by atoms with Crippen molar-refractivity contribution >= 4 is 11.6 Å². The molecule has 8 atom stereocenters. The van der Waals surface area contributed by atoms with Gasteiger partial charge < -0.3 is 9.47 Å².